The van der Waals surface area contributed by atoms with E-state index in [1.54, 1.807) is 0 Å². The van der Waals surface area contributed by atoms with Crippen LogP contribution < -0.4 is 0 Å². The topological polar surface area (TPSA) is 46.5 Å². The van der Waals surface area contributed by atoms with Gasteiger partial charge in [-0.05, 0) is 6.42 Å². The minimum Gasteiger partial charge on any atom is -0.466 e. The quantitative estimate of drug-likeness (QED) is 0.417. The van der Waals surface area contributed by atoms with Crippen LogP contribution in [0.1, 0.15) is 39.0 Å². The Kier molecular flexibility index (Phi) is 9.40. The molecule has 4 heteroatoms. The number of aliphatic hydroxyl groups excluding tert-OH is 1. The van der Waals surface area contributed by atoms with Crippen molar-refractivity contribution in [2.45, 2.75) is 45.1 Å². The van der Waals surface area contributed by atoms with Crippen molar-refractivity contribution >= 4 is 21.9 Å². The van der Waals surface area contributed by atoms with Crippen LogP contribution in [0.2, 0.25) is 0 Å². The molecule has 0 fully saturated rings. The van der Waals surface area contributed by atoms with E-state index in [9.17, 15) is 4.79 Å². The van der Waals surface area contributed by atoms with E-state index in [1.165, 1.54) is 12.8 Å². The Hall–Kier alpha value is -0.0900. The largest absolute Gasteiger partial charge is 0.466 e. The third kappa shape index (κ3) is 8.51. The van der Waals surface area contributed by atoms with Gasteiger partial charge < -0.3 is 9.84 Å². The molecule has 0 spiro atoms. The number of rotatable bonds is 8. The van der Waals surface area contributed by atoms with Crippen molar-refractivity contribution in [3.8, 4) is 0 Å². The number of hydrogen-bond donors (Lipinski definition) is 1. The van der Waals surface area contributed by atoms with Gasteiger partial charge in [-0.3, -0.25) is 4.79 Å². The molecule has 0 amide bonds. The molecule has 0 aromatic rings. The van der Waals surface area contributed by atoms with Crippen molar-refractivity contribution in [3.05, 3.63) is 0 Å². The van der Waals surface area contributed by atoms with Crippen LogP contribution in [0, 0.1) is 0 Å². The van der Waals surface area contributed by atoms with E-state index < -0.39 is 6.10 Å². The molecule has 0 rings (SSSR count). The number of hydrogen-bond acceptors (Lipinski definition) is 3. The molecule has 1 N–H and O–H groups in total. The van der Waals surface area contributed by atoms with Gasteiger partial charge in [-0.1, -0.05) is 42.1 Å². The highest BCUT2D eigenvalue weighted by Crippen LogP contribution is 2.02. The van der Waals surface area contributed by atoms with E-state index in [0.29, 0.717) is 11.9 Å². The summed E-state index contributed by atoms with van der Waals surface area (Å²) < 4.78 is 4.94. The molecule has 0 bridgehead atoms. The summed E-state index contributed by atoms with van der Waals surface area (Å²) in [7, 11) is 0. The smallest absolute Gasteiger partial charge is 0.308 e. The third-order valence-electron chi connectivity index (χ3n) is 1.84. The maximum atomic E-state index is 11.0. The van der Waals surface area contributed by atoms with Crippen molar-refractivity contribution in [1.82, 2.24) is 0 Å². The summed E-state index contributed by atoms with van der Waals surface area (Å²) >= 11 is 3.09. The summed E-state index contributed by atoms with van der Waals surface area (Å²) in [4.78, 5) is 11.0. The van der Waals surface area contributed by atoms with Crippen molar-refractivity contribution in [2.75, 3.05) is 11.9 Å². The molecule has 0 aliphatic heterocycles. The first kappa shape index (κ1) is 13.9. The summed E-state index contributed by atoms with van der Waals surface area (Å²) in [6.45, 7) is 2.62. The molecule has 1 unspecified atom stereocenters. The number of carbonyl (C=O) groups is 1. The van der Waals surface area contributed by atoms with Crippen molar-refractivity contribution in [2.24, 2.45) is 0 Å². The summed E-state index contributed by atoms with van der Waals surface area (Å²) in [6, 6.07) is 0. The van der Waals surface area contributed by atoms with Crippen LogP contribution in [0.3, 0.4) is 0 Å². The fraction of sp³-hybridized carbons (Fsp3) is 0.900. The van der Waals surface area contributed by atoms with Crippen LogP contribution in [0.4, 0.5) is 0 Å². The van der Waals surface area contributed by atoms with E-state index in [4.69, 9.17) is 9.84 Å². The highest BCUT2D eigenvalue weighted by atomic mass is 79.9. The van der Waals surface area contributed by atoms with Crippen molar-refractivity contribution in [1.29, 1.82) is 0 Å². The Morgan fingerprint density at radius 3 is 2.71 bits per heavy atom. The Morgan fingerprint density at radius 2 is 2.14 bits per heavy atom. The standard InChI is InChI=1S/C10H19BrO3/c1-2-3-4-5-6-14-10(13)7-9(12)8-11/h9,12H,2-8H2,1H3. The minimum absolute atomic E-state index is 0.0824. The lowest BCUT2D eigenvalue weighted by Crippen LogP contribution is -2.17. The molecule has 0 saturated heterocycles. The van der Waals surface area contributed by atoms with E-state index >= 15 is 0 Å². The molecule has 14 heavy (non-hydrogen) atoms. The van der Waals surface area contributed by atoms with Gasteiger partial charge in [0.2, 0.25) is 0 Å². The van der Waals surface area contributed by atoms with Gasteiger partial charge in [0.25, 0.3) is 0 Å². The van der Waals surface area contributed by atoms with Crippen LogP contribution in [0.25, 0.3) is 0 Å². The molecular weight excluding hydrogens is 248 g/mol. The average molecular weight is 267 g/mol. The van der Waals surface area contributed by atoms with Gasteiger partial charge in [0, 0.05) is 5.33 Å². The Balaban J connectivity index is 3.27. The van der Waals surface area contributed by atoms with Gasteiger partial charge in [0.1, 0.15) is 0 Å². The summed E-state index contributed by atoms with van der Waals surface area (Å²) in [5.74, 6) is -0.312. The van der Waals surface area contributed by atoms with Gasteiger partial charge in [-0.15, -0.1) is 0 Å². The summed E-state index contributed by atoms with van der Waals surface area (Å²) in [5.41, 5.74) is 0. The molecule has 0 aliphatic carbocycles. The maximum absolute atomic E-state index is 11.0. The second kappa shape index (κ2) is 9.46. The predicted molar refractivity (Wildman–Crippen MR) is 59.5 cm³/mol. The van der Waals surface area contributed by atoms with Gasteiger partial charge in [-0.2, -0.15) is 0 Å². The number of alkyl halides is 1. The first-order valence-electron chi connectivity index (χ1n) is 5.10. The Bertz CT molecular complexity index is 150. The van der Waals surface area contributed by atoms with E-state index in [0.717, 1.165) is 12.8 Å². The number of carbonyl (C=O) groups excluding carboxylic acids is 1. The number of aliphatic hydroxyl groups is 1. The highest BCUT2D eigenvalue weighted by molar-refractivity contribution is 9.09. The number of unbranched alkanes of at least 4 members (excludes halogenated alkanes) is 3. The second-order valence-corrected chi connectivity index (χ2v) is 3.94. The zero-order valence-electron chi connectivity index (χ0n) is 8.67. The molecule has 84 valence electrons. The summed E-state index contributed by atoms with van der Waals surface area (Å²) in [5, 5.41) is 9.54. The van der Waals surface area contributed by atoms with E-state index in [2.05, 4.69) is 22.9 Å². The number of halogens is 1. The zero-order valence-corrected chi connectivity index (χ0v) is 10.3. The molecule has 3 nitrogen and oxygen atoms in total. The molecule has 0 aromatic carbocycles. The summed E-state index contributed by atoms with van der Waals surface area (Å²) in [6.07, 6.45) is 3.84. The highest BCUT2D eigenvalue weighted by Gasteiger charge is 2.09. The SMILES string of the molecule is CCCCCCOC(=O)CC(O)CBr. The van der Waals surface area contributed by atoms with Crippen LogP contribution in [0.5, 0.6) is 0 Å². The first-order chi connectivity index (χ1) is 6.70. The molecule has 0 radical (unpaired) electrons. The molecule has 0 aromatic heterocycles. The van der Waals surface area contributed by atoms with Crippen molar-refractivity contribution < 1.29 is 14.6 Å². The third-order valence-corrected chi connectivity index (χ3v) is 2.59. The van der Waals surface area contributed by atoms with Gasteiger partial charge >= 0.3 is 5.97 Å². The average Bonchev–Trinajstić information content (AvgIpc) is 2.17. The lowest BCUT2D eigenvalue weighted by atomic mass is 10.2. The fourth-order valence-electron chi connectivity index (χ4n) is 1.02. The second-order valence-electron chi connectivity index (χ2n) is 3.29. The Labute approximate surface area is 94.0 Å². The van der Waals surface area contributed by atoms with Crippen LogP contribution >= 0.6 is 15.9 Å². The maximum Gasteiger partial charge on any atom is 0.308 e. The lowest BCUT2D eigenvalue weighted by molar-refractivity contribution is -0.145. The van der Waals surface area contributed by atoms with E-state index in [1.807, 2.05) is 0 Å². The van der Waals surface area contributed by atoms with Crippen molar-refractivity contribution in [3.63, 3.8) is 0 Å². The lowest BCUT2D eigenvalue weighted by Gasteiger charge is -2.07. The number of esters is 1. The van der Waals surface area contributed by atoms with E-state index in [-0.39, 0.29) is 12.4 Å². The predicted octanol–water partition coefficient (Wildman–Crippen LogP) is 2.26. The fourth-order valence-corrected chi connectivity index (χ4v) is 1.25. The van der Waals surface area contributed by atoms with Crippen LogP contribution in [-0.4, -0.2) is 29.1 Å². The zero-order chi connectivity index (χ0) is 10.8. The first-order valence-corrected chi connectivity index (χ1v) is 6.22. The molecule has 1 atom stereocenters. The molecule has 0 heterocycles. The molecular formula is C10H19BrO3. The monoisotopic (exact) mass is 266 g/mol. The van der Waals surface area contributed by atoms with Crippen LogP contribution in [-0.2, 0) is 9.53 Å². The number of ether oxygens (including phenoxy) is 1. The normalized spacial score (nSPS) is 12.5. The van der Waals surface area contributed by atoms with Gasteiger partial charge in [0.15, 0.2) is 0 Å². The van der Waals surface area contributed by atoms with Crippen LogP contribution in [0.15, 0.2) is 0 Å². The van der Waals surface area contributed by atoms with Gasteiger partial charge in [0.05, 0.1) is 19.1 Å². The minimum atomic E-state index is -0.627. The Morgan fingerprint density at radius 1 is 1.43 bits per heavy atom. The van der Waals surface area contributed by atoms with Gasteiger partial charge in [-0.25, -0.2) is 0 Å². The molecule has 0 saturated carbocycles. The molecule has 0 aliphatic rings.